The van der Waals surface area contributed by atoms with Crippen molar-refractivity contribution in [2.24, 2.45) is 0 Å². The number of carbonyl (C=O) groups excluding carboxylic acids is 2. The van der Waals surface area contributed by atoms with Crippen LogP contribution in [0.15, 0.2) is 16.7 Å². The first-order valence-electron chi connectivity index (χ1n) is 11.7. The van der Waals surface area contributed by atoms with Crippen LogP contribution in [0.4, 0.5) is 10.6 Å². The summed E-state index contributed by atoms with van der Waals surface area (Å²) in [6, 6.07) is 3.70. The number of aromatic nitrogens is 3. The Hall–Kier alpha value is -2.84. The van der Waals surface area contributed by atoms with Crippen LogP contribution in [0.25, 0.3) is 0 Å². The molecule has 0 radical (unpaired) electrons. The molecular formula is C24H35N5O4. The molecule has 2 saturated carbocycles. The monoisotopic (exact) mass is 457 g/mol. The van der Waals surface area contributed by atoms with Gasteiger partial charge >= 0.3 is 6.09 Å². The van der Waals surface area contributed by atoms with Crippen LogP contribution in [-0.4, -0.2) is 38.6 Å². The maximum atomic E-state index is 12.7. The van der Waals surface area contributed by atoms with E-state index >= 15 is 0 Å². The lowest BCUT2D eigenvalue weighted by Gasteiger charge is -2.24. The van der Waals surface area contributed by atoms with Gasteiger partial charge in [-0.2, -0.15) is 5.10 Å². The molecule has 2 aromatic rings. The molecule has 2 N–H and O–H groups in total. The summed E-state index contributed by atoms with van der Waals surface area (Å²) in [7, 11) is 0. The molecule has 0 aliphatic heterocycles. The minimum atomic E-state index is -0.333. The van der Waals surface area contributed by atoms with Crippen molar-refractivity contribution in [3.63, 3.8) is 0 Å². The van der Waals surface area contributed by atoms with Crippen molar-refractivity contribution in [2.45, 2.75) is 103 Å². The Balaban J connectivity index is 1.46. The second kappa shape index (κ2) is 8.18. The summed E-state index contributed by atoms with van der Waals surface area (Å²) >= 11 is 0. The number of ether oxygens (including phenoxy) is 1. The smallest absolute Gasteiger partial charge is 0.407 e. The van der Waals surface area contributed by atoms with Crippen molar-refractivity contribution in [2.75, 3.05) is 5.32 Å². The van der Waals surface area contributed by atoms with E-state index in [2.05, 4.69) is 22.7 Å². The number of amides is 2. The molecular weight excluding hydrogens is 422 g/mol. The fourth-order valence-corrected chi connectivity index (χ4v) is 4.38. The van der Waals surface area contributed by atoms with Gasteiger partial charge in [0.1, 0.15) is 17.7 Å². The summed E-state index contributed by atoms with van der Waals surface area (Å²) in [6.07, 6.45) is 3.96. The molecule has 2 aromatic heterocycles. The highest BCUT2D eigenvalue weighted by Gasteiger charge is 2.43. The van der Waals surface area contributed by atoms with Crippen LogP contribution in [0.1, 0.15) is 83.9 Å². The number of anilines is 1. The predicted molar refractivity (Wildman–Crippen MR) is 123 cm³/mol. The minimum Gasteiger partial charge on any atom is -0.446 e. The molecule has 0 spiro atoms. The third-order valence-corrected chi connectivity index (χ3v) is 6.62. The van der Waals surface area contributed by atoms with E-state index in [4.69, 9.17) is 14.4 Å². The molecule has 2 atom stereocenters. The summed E-state index contributed by atoms with van der Waals surface area (Å²) in [5, 5.41) is 14.7. The van der Waals surface area contributed by atoms with Gasteiger partial charge in [-0.25, -0.2) is 9.48 Å². The SMILES string of the molecule is Cc1cc(CC(=O)Nc2cc(C3(C)CCC(OC(=O)NC4(C)CC4)C3)nn2C(C)(C)C)on1. The summed E-state index contributed by atoms with van der Waals surface area (Å²) in [5.74, 6) is 0.975. The van der Waals surface area contributed by atoms with Gasteiger partial charge in [-0.3, -0.25) is 4.79 Å². The minimum absolute atomic E-state index is 0.0953. The van der Waals surface area contributed by atoms with E-state index in [-0.39, 0.29) is 41.0 Å². The number of alkyl carbamates (subject to hydrolysis) is 1. The van der Waals surface area contributed by atoms with Gasteiger partial charge in [0, 0.05) is 23.1 Å². The van der Waals surface area contributed by atoms with Crippen LogP contribution in [0.2, 0.25) is 0 Å². The Morgan fingerprint density at radius 1 is 1.24 bits per heavy atom. The maximum absolute atomic E-state index is 12.7. The molecule has 33 heavy (non-hydrogen) atoms. The molecule has 2 aliphatic carbocycles. The van der Waals surface area contributed by atoms with E-state index in [9.17, 15) is 9.59 Å². The Bertz CT molecular complexity index is 1050. The van der Waals surface area contributed by atoms with E-state index in [1.165, 1.54) is 0 Å². The zero-order chi connectivity index (χ0) is 24.0. The number of carbonyl (C=O) groups is 2. The summed E-state index contributed by atoms with van der Waals surface area (Å²) < 4.78 is 12.7. The third-order valence-electron chi connectivity index (χ3n) is 6.62. The Morgan fingerprint density at radius 3 is 2.58 bits per heavy atom. The Morgan fingerprint density at radius 2 is 1.97 bits per heavy atom. The van der Waals surface area contributed by atoms with Gasteiger partial charge in [0.15, 0.2) is 0 Å². The van der Waals surface area contributed by atoms with Crippen molar-refractivity contribution in [3.8, 4) is 0 Å². The molecule has 0 bridgehead atoms. The van der Waals surface area contributed by atoms with E-state index in [1.807, 2.05) is 45.4 Å². The topological polar surface area (TPSA) is 111 Å². The van der Waals surface area contributed by atoms with E-state index in [0.717, 1.165) is 37.1 Å². The van der Waals surface area contributed by atoms with Gasteiger partial charge in [0.2, 0.25) is 5.91 Å². The van der Waals surface area contributed by atoms with Gasteiger partial charge in [-0.15, -0.1) is 0 Å². The van der Waals surface area contributed by atoms with Crippen LogP contribution < -0.4 is 10.6 Å². The molecule has 180 valence electrons. The van der Waals surface area contributed by atoms with Gasteiger partial charge in [-0.05, 0) is 66.7 Å². The summed E-state index contributed by atoms with van der Waals surface area (Å²) in [5.41, 5.74) is 0.970. The molecule has 2 unspecified atom stereocenters. The first-order valence-corrected chi connectivity index (χ1v) is 11.7. The molecule has 2 fully saturated rings. The van der Waals surface area contributed by atoms with Gasteiger partial charge in [-0.1, -0.05) is 12.1 Å². The normalized spacial score (nSPS) is 23.9. The van der Waals surface area contributed by atoms with E-state index in [1.54, 1.807) is 6.07 Å². The van der Waals surface area contributed by atoms with Crippen molar-refractivity contribution in [3.05, 3.63) is 29.3 Å². The van der Waals surface area contributed by atoms with Crippen molar-refractivity contribution in [1.82, 2.24) is 20.3 Å². The summed E-state index contributed by atoms with van der Waals surface area (Å²) in [4.78, 5) is 24.9. The van der Waals surface area contributed by atoms with Crippen LogP contribution in [-0.2, 0) is 26.9 Å². The molecule has 4 rings (SSSR count). The lowest BCUT2D eigenvalue weighted by molar-refractivity contribution is -0.115. The lowest BCUT2D eigenvalue weighted by atomic mass is 9.85. The number of nitrogens with zero attached hydrogens (tertiary/aromatic N) is 3. The number of nitrogens with one attached hydrogen (secondary N) is 2. The standard InChI is InChI=1S/C24H35N5O4/c1-15-11-17(33-28-15)12-20(30)25-19-13-18(27-29(19)22(2,3)4)23(5)8-7-16(14-23)32-21(31)26-24(6)9-10-24/h11,13,16H,7-10,12,14H2,1-6H3,(H,25,30)(H,26,31). The number of rotatable bonds is 6. The quantitative estimate of drug-likeness (QED) is 0.672. The molecule has 2 heterocycles. The largest absolute Gasteiger partial charge is 0.446 e. The zero-order valence-corrected chi connectivity index (χ0v) is 20.4. The maximum Gasteiger partial charge on any atom is 0.407 e. The molecule has 9 heteroatoms. The molecule has 0 saturated heterocycles. The Kier molecular flexibility index (Phi) is 5.78. The number of hydrogen-bond donors (Lipinski definition) is 2. The van der Waals surface area contributed by atoms with Crippen molar-refractivity contribution in [1.29, 1.82) is 0 Å². The van der Waals surface area contributed by atoms with Gasteiger partial charge in [0.25, 0.3) is 0 Å². The van der Waals surface area contributed by atoms with Crippen LogP contribution in [0.5, 0.6) is 0 Å². The van der Waals surface area contributed by atoms with Crippen LogP contribution in [0.3, 0.4) is 0 Å². The summed E-state index contributed by atoms with van der Waals surface area (Å²) in [6.45, 7) is 12.1. The van der Waals surface area contributed by atoms with E-state index in [0.29, 0.717) is 18.0 Å². The van der Waals surface area contributed by atoms with Gasteiger partial charge in [0.05, 0.1) is 23.3 Å². The highest BCUT2D eigenvalue weighted by Crippen LogP contribution is 2.43. The van der Waals surface area contributed by atoms with Crippen molar-refractivity contribution < 1.29 is 18.8 Å². The van der Waals surface area contributed by atoms with Crippen molar-refractivity contribution >= 4 is 17.8 Å². The first kappa shape index (κ1) is 23.3. The highest BCUT2D eigenvalue weighted by molar-refractivity contribution is 5.91. The fraction of sp³-hybridized carbons (Fsp3) is 0.667. The first-order chi connectivity index (χ1) is 15.4. The number of hydrogen-bond acceptors (Lipinski definition) is 6. The Labute approximate surface area is 194 Å². The number of aryl methyl sites for hydroxylation is 1. The molecule has 2 amide bonds. The second-order valence-corrected chi connectivity index (χ2v) is 11.2. The molecule has 9 nitrogen and oxygen atoms in total. The van der Waals surface area contributed by atoms with Crippen LogP contribution in [0, 0.1) is 6.92 Å². The average Bonchev–Trinajstić information content (AvgIpc) is 3.03. The molecule has 0 aromatic carbocycles. The highest BCUT2D eigenvalue weighted by atomic mass is 16.6. The average molecular weight is 458 g/mol. The second-order valence-electron chi connectivity index (χ2n) is 11.2. The van der Waals surface area contributed by atoms with Crippen LogP contribution >= 0.6 is 0 Å². The fourth-order valence-electron chi connectivity index (χ4n) is 4.38. The molecule has 2 aliphatic rings. The predicted octanol–water partition coefficient (Wildman–Crippen LogP) is 4.20. The van der Waals surface area contributed by atoms with E-state index < -0.39 is 0 Å². The zero-order valence-electron chi connectivity index (χ0n) is 20.4. The third kappa shape index (κ3) is 5.39. The lowest BCUT2D eigenvalue weighted by Crippen LogP contribution is -2.36. The van der Waals surface area contributed by atoms with Gasteiger partial charge < -0.3 is 19.9 Å².